The minimum absolute atomic E-state index is 0.137. The van der Waals surface area contributed by atoms with Gasteiger partial charge in [-0.15, -0.1) is 22.9 Å². The number of amidine groups is 1. The van der Waals surface area contributed by atoms with Crippen molar-refractivity contribution in [2.45, 2.75) is 0 Å². The highest BCUT2D eigenvalue weighted by molar-refractivity contribution is 7.13. The van der Waals surface area contributed by atoms with E-state index in [0.717, 1.165) is 0 Å². The van der Waals surface area contributed by atoms with E-state index < -0.39 is 0 Å². The smallest absolute Gasteiger partial charge is 0.340 e. The second-order valence-electron chi connectivity index (χ2n) is 4.38. The zero-order valence-electron chi connectivity index (χ0n) is 11.5. The molecule has 2 aliphatic rings. The largest absolute Gasteiger partial charge is 0.346 e. The fourth-order valence-corrected chi connectivity index (χ4v) is 2.69. The fraction of sp³-hybridized carbons (Fsp3) is 0.250. The van der Waals surface area contributed by atoms with Gasteiger partial charge in [-0.1, -0.05) is 5.92 Å². The number of hydrogen-bond donors (Lipinski definition) is 2. The van der Waals surface area contributed by atoms with Crippen LogP contribution < -0.4 is 10.9 Å². The van der Waals surface area contributed by atoms with E-state index in [1.165, 1.54) is 21.2 Å². The lowest BCUT2D eigenvalue weighted by atomic mass is 10.3. The van der Waals surface area contributed by atoms with Gasteiger partial charge in [-0.2, -0.15) is 0 Å². The summed E-state index contributed by atoms with van der Waals surface area (Å²) < 4.78 is 0. The number of hydrogen-bond acceptors (Lipinski definition) is 7. The zero-order chi connectivity index (χ0) is 15.7. The summed E-state index contributed by atoms with van der Waals surface area (Å²) in [4.78, 5) is 33.7. The summed E-state index contributed by atoms with van der Waals surface area (Å²) in [6.45, 7) is 0.315. The normalized spacial score (nSPS) is 16.5. The lowest BCUT2D eigenvalue weighted by Gasteiger charge is -2.28. The number of aromatic nitrogens is 1. The number of aliphatic imine (C=N–C) groups is 1. The molecule has 0 radical (unpaired) electrons. The number of fused-ring (bicyclic) bond motifs is 1. The Bertz CT molecular complexity index is 745. The average molecular weight is 317 g/mol. The number of rotatable bonds is 3. The first-order valence-corrected chi connectivity index (χ1v) is 7.10. The number of nitrogens with one attached hydrogen (secondary N) is 2. The van der Waals surface area contributed by atoms with Crippen LogP contribution in [0.5, 0.6) is 0 Å². The molecule has 0 spiro atoms. The summed E-state index contributed by atoms with van der Waals surface area (Å²) in [7, 11) is 1.57. The molecular weight excluding hydrogens is 306 g/mol. The van der Waals surface area contributed by atoms with Crippen molar-refractivity contribution in [3.63, 3.8) is 0 Å². The lowest BCUT2D eigenvalue weighted by molar-refractivity contribution is 0.0954. The molecule has 9 nitrogen and oxygen atoms in total. The number of carbonyl (C=O) groups is 2. The molecule has 0 saturated carbocycles. The maximum absolute atomic E-state index is 12.0. The SMILES string of the molecule is C#CCNC(=O)c1csc(C2=NCN3C(=O)N(C)NN=C23)n1. The van der Waals surface area contributed by atoms with Crippen molar-refractivity contribution in [3.8, 4) is 12.3 Å². The van der Waals surface area contributed by atoms with Gasteiger partial charge < -0.3 is 5.32 Å². The van der Waals surface area contributed by atoms with Crippen molar-refractivity contribution in [2.75, 3.05) is 20.3 Å². The van der Waals surface area contributed by atoms with E-state index in [9.17, 15) is 9.59 Å². The van der Waals surface area contributed by atoms with E-state index in [1.807, 2.05) is 0 Å². The summed E-state index contributed by atoms with van der Waals surface area (Å²) in [5.41, 5.74) is 3.32. The number of thiazole rings is 1. The Kier molecular flexibility index (Phi) is 3.48. The highest BCUT2D eigenvalue weighted by Crippen LogP contribution is 2.19. The molecule has 0 aliphatic carbocycles. The first-order chi connectivity index (χ1) is 10.6. The standard InChI is InChI=1S/C12H11N7O2S/c1-3-4-13-10(20)7-5-22-11(15-7)8-9-16-17-18(2)12(21)19(9)6-14-8/h1,5,17H,4,6H2,2H3,(H,13,20). The van der Waals surface area contributed by atoms with Crippen LogP contribution in [-0.2, 0) is 0 Å². The number of urea groups is 1. The van der Waals surface area contributed by atoms with Crippen molar-refractivity contribution in [1.29, 1.82) is 0 Å². The Labute approximate surface area is 129 Å². The molecule has 1 aromatic rings. The first-order valence-electron chi connectivity index (χ1n) is 6.22. The summed E-state index contributed by atoms with van der Waals surface area (Å²) in [5.74, 6) is 2.37. The van der Waals surface area contributed by atoms with E-state index in [2.05, 4.69) is 31.8 Å². The van der Waals surface area contributed by atoms with Crippen molar-refractivity contribution in [1.82, 2.24) is 25.7 Å². The van der Waals surface area contributed by atoms with Gasteiger partial charge in [0.2, 0.25) is 0 Å². The summed E-state index contributed by atoms with van der Waals surface area (Å²) in [5, 5.41) is 10.0. The lowest BCUT2D eigenvalue weighted by Crippen LogP contribution is -2.53. The molecule has 3 heterocycles. The minimum atomic E-state index is -0.351. The van der Waals surface area contributed by atoms with E-state index in [4.69, 9.17) is 6.42 Å². The van der Waals surface area contributed by atoms with Gasteiger partial charge in [0.1, 0.15) is 23.1 Å². The summed E-state index contributed by atoms with van der Waals surface area (Å²) >= 11 is 1.25. The van der Waals surface area contributed by atoms with Crippen molar-refractivity contribution in [2.24, 2.45) is 10.1 Å². The summed E-state index contributed by atoms with van der Waals surface area (Å²) in [6.07, 6.45) is 5.09. The Morgan fingerprint density at radius 1 is 1.64 bits per heavy atom. The highest BCUT2D eigenvalue weighted by atomic mass is 32.1. The van der Waals surface area contributed by atoms with Crippen LogP contribution in [0.15, 0.2) is 15.5 Å². The Morgan fingerprint density at radius 3 is 3.23 bits per heavy atom. The van der Waals surface area contributed by atoms with Crippen LogP contribution >= 0.6 is 11.3 Å². The first kappa shape index (κ1) is 14.0. The highest BCUT2D eigenvalue weighted by Gasteiger charge is 2.36. The van der Waals surface area contributed by atoms with Crippen molar-refractivity contribution in [3.05, 3.63) is 16.1 Å². The number of terminal acetylenes is 1. The second-order valence-corrected chi connectivity index (χ2v) is 5.24. The van der Waals surface area contributed by atoms with Gasteiger partial charge in [-0.3, -0.25) is 14.7 Å². The van der Waals surface area contributed by atoms with Crippen LogP contribution in [0.1, 0.15) is 15.5 Å². The van der Waals surface area contributed by atoms with Crippen LogP contribution in [-0.4, -0.2) is 58.6 Å². The van der Waals surface area contributed by atoms with Crippen LogP contribution in [0.3, 0.4) is 0 Å². The molecule has 2 aliphatic heterocycles. The Balaban J connectivity index is 1.82. The predicted molar refractivity (Wildman–Crippen MR) is 80.3 cm³/mol. The van der Waals surface area contributed by atoms with E-state index in [0.29, 0.717) is 16.6 Å². The molecule has 0 fully saturated rings. The minimum Gasteiger partial charge on any atom is -0.340 e. The molecule has 0 saturated heterocycles. The van der Waals surface area contributed by atoms with Crippen LogP contribution in [0.4, 0.5) is 4.79 Å². The molecule has 3 rings (SSSR count). The van der Waals surface area contributed by atoms with Gasteiger partial charge in [0.05, 0.1) is 6.54 Å². The maximum atomic E-state index is 12.0. The third-order valence-electron chi connectivity index (χ3n) is 2.95. The molecule has 10 heteroatoms. The quantitative estimate of drug-likeness (QED) is 0.730. The molecule has 1 aromatic heterocycles. The molecule has 0 aromatic carbocycles. The monoisotopic (exact) mass is 317 g/mol. The molecule has 112 valence electrons. The molecule has 0 unspecified atom stereocenters. The molecule has 2 N–H and O–H groups in total. The maximum Gasteiger partial charge on any atom is 0.346 e. The Morgan fingerprint density at radius 2 is 2.45 bits per heavy atom. The van der Waals surface area contributed by atoms with Crippen LogP contribution in [0.25, 0.3) is 0 Å². The van der Waals surface area contributed by atoms with E-state index in [-0.39, 0.29) is 30.8 Å². The topological polar surface area (TPSA) is 102 Å². The van der Waals surface area contributed by atoms with Gasteiger partial charge in [-0.25, -0.2) is 20.3 Å². The number of carbonyl (C=O) groups excluding carboxylic acids is 2. The van der Waals surface area contributed by atoms with Gasteiger partial charge in [0.15, 0.2) is 5.84 Å². The summed E-state index contributed by atoms with van der Waals surface area (Å²) in [6, 6.07) is -0.257. The number of nitrogens with zero attached hydrogens (tertiary/aromatic N) is 5. The van der Waals surface area contributed by atoms with Gasteiger partial charge >= 0.3 is 6.03 Å². The van der Waals surface area contributed by atoms with E-state index >= 15 is 0 Å². The third-order valence-corrected chi connectivity index (χ3v) is 3.80. The predicted octanol–water partition coefficient (Wildman–Crippen LogP) is -0.548. The fourth-order valence-electron chi connectivity index (χ4n) is 1.89. The third kappa shape index (κ3) is 2.27. The molecule has 3 amide bonds. The zero-order valence-corrected chi connectivity index (χ0v) is 12.3. The van der Waals surface area contributed by atoms with Gasteiger partial charge in [-0.05, 0) is 0 Å². The van der Waals surface area contributed by atoms with E-state index in [1.54, 1.807) is 12.4 Å². The van der Waals surface area contributed by atoms with Crippen LogP contribution in [0.2, 0.25) is 0 Å². The van der Waals surface area contributed by atoms with Crippen molar-refractivity contribution < 1.29 is 9.59 Å². The van der Waals surface area contributed by atoms with Crippen molar-refractivity contribution >= 4 is 34.8 Å². The van der Waals surface area contributed by atoms with Gasteiger partial charge in [0.25, 0.3) is 5.91 Å². The number of hydrazone groups is 1. The van der Waals surface area contributed by atoms with Gasteiger partial charge in [0, 0.05) is 12.4 Å². The van der Waals surface area contributed by atoms with Crippen LogP contribution in [0, 0.1) is 12.3 Å². The number of hydrazine groups is 1. The molecule has 22 heavy (non-hydrogen) atoms. The second kappa shape index (κ2) is 5.45. The molecule has 0 atom stereocenters. The molecule has 0 bridgehead atoms. The Hall–Kier alpha value is -2.93. The number of amides is 3. The molecular formula is C12H11N7O2S. The average Bonchev–Trinajstić information content (AvgIpc) is 3.15.